The molecule has 0 saturated heterocycles. The minimum absolute atomic E-state index is 0.0347. The van der Waals surface area contributed by atoms with Crippen LogP contribution in [0, 0.1) is 5.82 Å². The molecule has 7 nitrogen and oxygen atoms in total. The number of halogens is 5. The van der Waals surface area contributed by atoms with Gasteiger partial charge in [-0.3, -0.25) is 14.2 Å². The van der Waals surface area contributed by atoms with Gasteiger partial charge < -0.3 is 10.1 Å². The van der Waals surface area contributed by atoms with Crippen LogP contribution in [-0.2, 0) is 24.0 Å². The molecule has 2 aromatic carbocycles. The van der Waals surface area contributed by atoms with Crippen molar-refractivity contribution in [3.63, 3.8) is 0 Å². The number of hydrogen-bond donors (Lipinski definition) is 1. The van der Waals surface area contributed by atoms with Crippen LogP contribution in [0.3, 0.4) is 0 Å². The molecule has 1 N–H and O–H groups in total. The summed E-state index contributed by atoms with van der Waals surface area (Å²) in [5, 5.41) is 2.50. The normalized spacial score (nSPS) is 11.5. The number of hydrogen-bond acceptors (Lipinski definition) is 4. The molecule has 0 aliphatic heterocycles. The fourth-order valence-corrected chi connectivity index (χ4v) is 3.33. The summed E-state index contributed by atoms with van der Waals surface area (Å²) < 4.78 is 59.2. The van der Waals surface area contributed by atoms with Gasteiger partial charge in [-0.2, -0.15) is 13.2 Å². The minimum atomic E-state index is -4.71. The molecule has 0 spiro atoms. The molecule has 0 fully saturated rings. The lowest BCUT2D eigenvalue weighted by atomic mass is 10.2. The van der Waals surface area contributed by atoms with E-state index in [9.17, 15) is 31.9 Å². The molecule has 180 valence electrons. The third kappa shape index (κ3) is 5.54. The maximum atomic E-state index is 13.2. The van der Waals surface area contributed by atoms with Crippen LogP contribution in [0.4, 0.5) is 17.6 Å². The Morgan fingerprint density at radius 3 is 2.53 bits per heavy atom. The van der Waals surface area contributed by atoms with Gasteiger partial charge in [0.1, 0.15) is 11.4 Å². The zero-order chi connectivity index (χ0) is 25.0. The fourth-order valence-electron chi connectivity index (χ4n) is 3.09. The Kier molecular flexibility index (Phi) is 7.57. The van der Waals surface area contributed by atoms with E-state index < -0.39 is 40.3 Å². The summed E-state index contributed by atoms with van der Waals surface area (Å²) in [6, 6.07) is 7.17. The minimum Gasteiger partial charge on any atom is -0.383 e. The average molecular weight is 500 g/mol. The van der Waals surface area contributed by atoms with Gasteiger partial charge in [-0.1, -0.05) is 23.7 Å². The molecule has 0 aliphatic carbocycles. The highest BCUT2D eigenvalue weighted by Gasteiger charge is 2.31. The molecule has 0 atom stereocenters. The number of ether oxygens (including phenoxy) is 1. The van der Waals surface area contributed by atoms with E-state index in [0.717, 1.165) is 41.1 Å². The largest absolute Gasteiger partial charge is 0.416 e. The SMILES string of the molecule is COCCn1cc(C(=O)NCc2ccc(F)cc2Cl)c(=O)n(-c2cccc(C(F)(F)F)c2)c1=O. The maximum absolute atomic E-state index is 13.2. The van der Waals surface area contributed by atoms with Crippen LogP contribution in [0.5, 0.6) is 0 Å². The molecule has 1 heterocycles. The van der Waals surface area contributed by atoms with Gasteiger partial charge in [0.25, 0.3) is 11.5 Å². The Labute approximate surface area is 195 Å². The van der Waals surface area contributed by atoms with Crippen LogP contribution in [0.25, 0.3) is 5.69 Å². The number of rotatable bonds is 7. The third-order valence-corrected chi connectivity index (χ3v) is 5.17. The Hall–Kier alpha value is -3.44. The second-order valence-corrected chi connectivity index (χ2v) is 7.53. The molecule has 1 amide bonds. The number of nitrogens with one attached hydrogen (secondary N) is 1. The number of amides is 1. The second kappa shape index (κ2) is 10.2. The number of methoxy groups -OCH3 is 1. The van der Waals surface area contributed by atoms with Crippen LogP contribution >= 0.6 is 11.6 Å². The van der Waals surface area contributed by atoms with E-state index in [4.69, 9.17) is 16.3 Å². The predicted molar refractivity (Wildman–Crippen MR) is 116 cm³/mol. The van der Waals surface area contributed by atoms with E-state index in [1.807, 2.05) is 0 Å². The molecule has 1 aromatic heterocycles. The van der Waals surface area contributed by atoms with Crippen molar-refractivity contribution in [2.75, 3.05) is 13.7 Å². The van der Waals surface area contributed by atoms with Gasteiger partial charge >= 0.3 is 11.9 Å². The van der Waals surface area contributed by atoms with Crippen molar-refractivity contribution in [2.45, 2.75) is 19.3 Å². The molecule has 12 heteroatoms. The van der Waals surface area contributed by atoms with Crippen molar-refractivity contribution in [1.82, 2.24) is 14.5 Å². The van der Waals surface area contributed by atoms with Crippen LogP contribution in [-0.4, -0.2) is 28.8 Å². The molecule has 0 unspecified atom stereocenters. The van der Waals surface area contributed by atoms with Gasteiger partial charge in [-0.25, -0.2) is 13.8 Å². The topological polar surface area (TPSA) is 82.3 Å². The van der Waals surface area contributed by atoms with E-state index in [1.165, 1.54) is 13.2 Å². The molecular weight excluding hydrogens is 482 g/mol. The summed E-state index contributed by atoms with van der Waals surface area (Å²) in [4.78, 5) is 38.7. The van der Waals surface area contributed by atoms with Crippen molar-refractivity contribution in [1.29, 1.82) is 0 Å². The van der Waals surface area contributed by atoms with E-state index in [2.05, 4.69) is 5.32 Å². The first-order chi connectivity index (χ1) is 16.0. The molecule has 0 bridgehead atoms. The Morgan fingerprint density at radius 2 is 1.88 bits per heavy atom. The van der Waals surface area contributed by atoms with Crippen LogP contribution < -0.4 is 16.6 Å². The third-order valence-electron chi connectivity index (χ3n) is 4.82. The molecule has 0 saturated carbocycles. The van der Waals surface area contributed by atoms with Crippen LogP contribution in [0.15, 0.2) is 58.3 Å². The van der Waals surface area contributed by atoms with Gasteiger partial charge in [-0.05, 0) is 35.9 Å². The van der Waals surface area contributed by atoms with E-state index in [1.54, 1.807) is 0 Å². The van der Waals surface area contributed by atoms with Gasteiger partial charge in [0.2, 0.25) is 0 Å². The molecule has 0 radical (unpaired) electrons. The lowest BCUT2D eigenvalue weighted by Crippen LogP contribution is -2.43. The first-order valence-electron chi connectivity index (χ1n) is 9.78. The van der Waals surface area contributed by atoms with E-state index in [0.29, 0.717) is 16.2 Å². The fraction of sp³-hybridized carbons (Fsp3) is 0.227. The second-order valence-electron chi connectivity index (χ2n) is 7.12. The van der Waals surface area contributed by atoms with Gasteiger partial charge in [0.05, 0.1) is 24.4 Å². The summed E-state index contributed by atoms with van der Waals surface area (Å²) >= 11 is 5.94. The molecule has 0 aliphatic rings. The molecule has 3 aromatic rings. The van der Waals surface area contributed by atoms with Crippen LogP contribution in [0.2, 0.25) is 5.02 Å². The lowest BCUT2D eigenvalue weighted by molar-refractivity contribution is -0.137. The number of benzene rings is 2. The summed E-state index contributed by atoms with van der Waals surface area (Å²) in [5.74, 6) is -1.48. The monoisotopic (exact) mass is 499 g/mol. The quantitative estimate of drug-likeness (QED) is 0.505. The van der Waals surface area contributed by atoms with Crippen molar-refractivity contribution in [3.8, 4) is 5.69 Å². The highest BCUT2D eigenvalue weighted by Crippen LogP contribution is 2.30. The average Bonchev–Trinajstić information content (AvgIpc) is 2.77. The zero-order valence-electron chi connectivity index (χ0n) is 17.7. The Balaban J connectivity index is 2.06. The predicted octanol–water partition coefficient (Wildman–Crippen LogP) is 3.39. The Bertz CT molecular complexity index is 1330. The number of aromatic nitrogens is 2. The van der Waals surface area contributed by atoms with Crippen molar-refractivity contribution < 1.29 is 27.1 Å². The van der Waals surface area contributed by atoms with Crippen molar-refractivity contribution in [3.05, 3.63) is 97.0 Å². The maximum Gasteiger partial charge on any atom is 0.416 e. The van der Waals surface area contributed by atoms with Crippen molar-refractivity contribution >= 4 is 17.5 Å². The first kappa shape index (κ1) is 25.2. The summed E-state index contributed by atoms with van der Waals surface area (Å²) in [5.41, 5.74) is -3.61. The number of nitrogens with zero attached hydrogens (tertiary/aromatic N) is 2. The number of carbonyl (C=O) groups excluding carboxylic acids is 1. The highest BCUT2D eigenvalue weighted by molar-refractivity contribution is 6.31. The summed E-state index contributed by atoms with van der Waals surface area (Å²) in [6.07, 6.45) is -3.70. The lowest BCUT2D eigenvalue weighted by Gasteiger charge is -2.14. The Morgan fingerprint density at radius 1 is 1.15 bits per heavy atom. The summed E-state index contributed by atoms with van der Waals surface area (Å²) in [7, 11) is 1.37. The van der Waals surface area contributed by atoms with Crippen molar-refractivity contribution in [2.24, 2.45) is 0 Å². The van der Waals surface area contributed by atoms with Gasteiger partial charge in [0, 0.05) is 24.9 Å². The van der Waals surface area contributed by atoms with Gasteiger partial charge in [-0.15, -0.1) is 0 Å². The first-order valence-corrected chi connectivity index (χ1v) is 10.2. The smallest absolute Gasteiger partial charge is 0.383 e. The highest BCUT2D eigenvalue weighted by atomic mass is 35.5. The van der Waals surface area contributed by atoms with Gasteiger partial charge in [0.15, 0.2) is 0 Å². The number of carbonyl (C=O) groups is 1. The standard InChI is InChI=1S/C22H18ClF4N3O4/c1-34-8-7-29-12-17(19(31)28-11-13-5-6-15(24)10-18(13)23)20(32)30(21(29)33)16-4-2-3-14(9-16)22(25,26)27/h2-6,9-10,12H,7-8,11H2,1H3,(H,28,31). The van der Waals surface area contributed by atoms with E-state index >= 15 is 0 Å². The molecule has 3 rings (SSSR count). The molecular formula is C22H18ClF4N3O4. The number of alkyl halides is 3. The summed E-state index contributed by atoms with van der Waals surface area (Å²) in [6.45, 7) is -0.205. The zero-order valence-corrected chi connectivity index (χ0v) is 18.4. The van der Waals surface area contributed by atoms with E-state index in [-0.39, 0.29) is 30.4 Å². The van der Waals surface area contributed by atoms with Crippen LogP contribution in [0.1, 0.15) is 21.5 Å². The molecule has 34 heavy (non-hydrogen) atoms.